The third-order valence-corrected chi connectivity index (χ3v) is 6.42. The first-order valence-corrected chi connectivity index (χ1v) is 11.8. The number of fused-ring (bicyclic) bond motifs is 1. The van der Waals surface area contributed by atoms with Crippen LogP contribution in [-0.4, -0.2) is 66.0 Å². The molecule has 0 saturated carbocycles. The molecule has 12 heteroatoms. The molecule has 10 nitrogen and oxygen atoms in total. The Hall–Kier alpha value is -4.25. The van der Waals surface area contributed by atoms with Gasteiger partial charge in [-0.3, -0.25) is 19.7 Å². The van der Waals surface area contributed by atoms with Crippen LogP contribution < -0.4 is 5.32 Å². The number of hydrogen-bond donors (Lipinski definition) is 1. The van der Waals surface area contributed by atoms with Crippen LogP contribution in [-0.2, 0) is 16.1 Å². The standard InChI is InChI=1S/C25H21ClFN7O3/c1-14(35)19-12-33(20-3-2-15(8-18(19)20)16-4-7-29-30-10-16)13-23(36)34-11-17(27)9-21(34)24(37)32-25-28-6-5-22(26)31-25/h2-8,10,12,17,21H,9,11,13H2,1H3,(H,28,31,32,37). The fourth-order valence-electron chi connectivity index (χ4n) is 4.49. The summed E-state index contributed by atoms with van der Waals surface area (Å²) in [5, 5.41) is 11.0. The van der Waals surface area contributed by atoms with Crippen LogP contribution in [0.4, 0.5) is 10.3 Å². The van der Waals surface area contributed by atoms with Gasteiger partial charge < -0.3 is 9.47 Å². The smallest absolute Gasteiger partial charge is 0.249 e. The van der Waals surface area contributed by atoms with Crippen LogP contribution in [0.5, 0.6) is 0 Å². The number of Topliss-reactive ketones (excluding diaryl/α,β-unsaturated/α-hetero) is 1. The van der Waals surface area contributed by atoms with Crippen LogP contribution in [0.15, 0.2) is 55.1 Å². The van der Waals surface area contributed by atoms with Gasteiger partial charge in [-0.15, -0.1) is 0 Å². The van der Waals surface area contributed by atoms with E-state index in [9.17, 15) is 18.8 Å². The zero-order valence-corrected chi connectivity index (χ0v) is 20.4. The molecule has 1 aliphatic rings. The third kappa shape index (κ3) is 5.03. The maximum absolute atomic E-state index is 14.4. The summed E-state index contributed by atoms with van der Waals surface area (Å²) in [5.74, 6) is -1.25. The Morgan fingerprint density at radius 1 is 1.14 bits per heavy atom. The molecule has 1 fully saturated rings. The van der Waals surface area contributed by atoms with E-state index >= 15 is 0 Å². The van der Waals surface area contributed by atoms with E-state index in [0.29, 0.717) is 16.5 Å². The van der Waals surface area contributed by atoms with Crippen LogP contribution in [0, 0.1) is 0 Å². The summed E-state index contributed by atoms with van der Waals surface area (Å²) in [4.78, 5) is 47.6. The Morgan fingerprint density at radius 2 is 1.97 bits per heavy atom. The quantitative estimate of drug-likeness (QED) is 0.305. The highest BCUT2D eigenvalue weighted by molar-refractivity contribution is 6.29. The predicted molar refractivity (Wildman–Crippen MR) is 134 cm³/mol. The third-order valence-electron chi connectivity index (χ3n) is 6.21. The summed E-state index contributed by atoms with van der Waals surface area (Å²) in [6.07, 6.45) is 4.68. The molecule has 4 aromatic rings. The highest BCUT2D eigenvalue weighted by Gasteiger charge is 2.40. The lowest BCUT2D eigenvalue weighted by Crippen LogP contribution is -2.44. The summed E-state index contributed by atoms with van der Waals surface area (Å²) in [7, 11) is 0. The Balaban J connectivity index is 1.41. The molecule has 5 rings (SSSR count). The number of carbonyl (C=O) groups is 3. The van der Waals surface area contributed by atoms with Crippen molar-refractivity contribution in [2.75, 3.05) is 11.9 Å². The van der Waals surface area contributed by atoms with E-state index in [1.165, 1.54) is 24.1 Å². The van der Waals surface area contributed by atoms with Crippen LogP contribution in [0.3, 0.4) is 0 Å². The lowest BCUT2D eigenvalue weighted by molar-refractivity contribution is -0.137. The summed E-state index contributed by atoms with van der Waals surface area (Å²) in [5.41, 5.74) is 2.78. The topological polar surface area (TPSA) is 123 Å². The first-order chi connectivity index (χ1) is 17.8. The molecular weight excluding hydrogens is 501 g/mol. The number of anilines is 1. The molecule has 3 aromatic heterocycles. The van der Waals surface area contributed by atoms with Crippen molar-refractivity contribution >= 4 is 46.0 Å². The fraction of sp³-hybridized carbons (Fsp3) is 0.240. The van der Waals surface area contributed by atoms with E-state index in [2.05, 4.69) is 25.5 Å². The van der Waals surface area contributed by atoms with Gasteiger partial charge in [-0.05, 0) is 36.8 Å². The number of carbonyl (C=O) groups excluding carboxylic acids is 3. The molecule has 2 atom stereocenters. The molecule has 37 heavy (non-hydrogen) atoms. The molecule has 0 radical (unpaired) electrons. The second-order valence-electron chi connectivity index (χ2n) is 8.68. The van der Waals surface area contributed by atoms with E-state index in [-0.39, 0.29) is 36.4 Å². The minimum Gasteiger partial charge on any atom is -0.337 e. The Labute approximate surface area is 215 Å². The van der Waals surface area contributed by atoms with Gasteiger partial charge in [0.2, 0.25) is 17.8 Å². The number of benzene rings is 1. The maximum Gasteiger partial charge on any atom is 0.249 e. The highest BCUT2D eigenvalue weighted by Crippen LogP contribution is 2.29. The van der Waals surface area contributed by atoms with Crippen molar-refractivity contribution in [3.8, 4) is 11.1 Å². The van der Waals surface area contributed by atoms with Gasteiger partial charge >= 0.3 is 0 Å². The largest absolute Gasteiger partial charge is 0.337 e. The number of amides is 2. The number of aromatic nitrogens is 5. The zero-order chi connectivity index (χ0) is 26.1. The van der Waals surface area contributed by atoms with Gasteiger partial charge in [0.05, 0.1) is 18.9 Å². The summed E-state index contributed by atoms with van der Waals surface area (Å²) in [6, 6.07) is 7.76. The van der Waals surface area contributed by atoms with E-state index in [4.69, 9.17) is 11.6 Å². The van der Waals surface area contributed by atoms with E-state index < -0.39 is 24.0 Å². The molecule has 0 bridgehead atoms. The highest BCUT2D eigenvalue weighted by atomic mass is 35.5. The molecule has 1 N–H and O–H groups in total. The van der Waals surface area contributed by atoms with Gasteiger partial charge in [-0.25, -0.2) is 14.4 Å². The van der Waals surface area contributed by atoms with Crippen molar-refractivity contribution in [3.05, 3.63) is 65.8 Å². The van der Waals surface area contributed by atoms with Crippen LogP contribution in [0.2, 0.25) is 5.15 Å². The van der Waals surface area contributed by atoms with Gasteiger partial charge in [-0.2, -0.15) is 10.2 Å². The molecule has 2 amide bonds. The number of rotatable bonds is 6. The molecule has 4 heterocycles. The van der Waals surface area contributed by atoms with Crippen molar-refractivity contribution in [2.24, 2.45) is 0 Å². The van der Waals surface area contributed by atoms with E-state index in [1.54, 1.807) is 23.2 Å². The van der Waals surface area contributed by atoms with Crippen molar-refractivity contribution in [1.82, 2.24) is 29.6 Å². The molecule has 1 aromatic carbocycles. The van der Waals surface area contributed by atoms with Crippen molar-refractivity contribution in [1.29, 1.82) is 0 Å². The first-order valence-electron chi connectivity index (χ1n) is 11.4. The first kappa shape index (κ1) is 24.4. The molecule has 2 unspecified atom stereocenters. The minimum atomic E-state index is -1.36. The van der Waals surface area contributed by atoms with Crippen LogP contribution in [0.25, 0.3) is 22.0 Å². The number of ketones is 1. The van der Waals surface area contributed by atoms with Crippen LogP contribution >= 0.6 is 11.6 Å². The van der Waals surface area contributed by atoms with Crippen LogP contribution in [0.1, 0.15) is 23.7 Å². The molecule has 1 saturated heterocycles. The lowest BCUT2D eigenvalue weighted by Gasteiger charge is -2.23. The second kappa shape index (κ2) is 10.0. The minimum absolute atomic E-state index is 0.0325. The Bertz CT molecular complexity index is 1510. The SMILES string of the molecule is CC(=O)c1cn(CC(=O)N2CC(F)CC2C(=O)Nc2nccc(Cl)n2)c2ccc(-c3ccnnc3)cc12. The number of hydrogen-bond acceptors (Lipinski definition) is 7. The Kier molecular flexibility index (Phi) is 6.62. The normalized spacial score (nSPS) is 17.2. The average Bonchev–Trinajstić information content (AvgIpc) is 3.45. The van der Waals surface area contributed by atoms with Gasteiger partial charge in [0.25, 0.3) is 0 Å². The fourth-order valence-corrected chi connectivity index (χ4v) is 4.62. The lowest BCUT2D eigenvalue weighted by atomic mass is 10.0. The number of halogens is 2. The van der Waals surface area contributed by atoms with Crippen molar-refractivity contribution in [3.63, 3.8) is 0 Å². The number of alkyl halides is 1. The predicted octanol–water partition coefficient (Wildman–Crippen LogP) is 3.32. The van der Waals surface area contributed by atoms with Gasteiger partial charge in [0.15, 0.2) is 5.78 Å². The molecule has 188 valence electrons. The second-order valence-corrected chi connectivity index (χ2v) is 9.06. The van der Waals surface area contributed by atoms with Crippen molar-refractivity contribution < 1.29 is 18.8 Å². The molecule has 1 aliphatic heterocycles. The maximum atomic E-state index is 14.4. The number of nitrogens with zero attached hydrogens (tertiary/aromatic N) is 6. The number of likely N-dealkylation sites (tertiary alicyclic amines) is 1. The summed E-state index contributed by atoms with van der Waals surface area (Å²) < 4.78 is 16.0. The van der Waals surface area contributed by atoms with Crippen molar-refractivity contribution in [2.45, 2.75) is 32.1 Å². The monoisotopic (exact) mass is 521 g/mol. The molecular formula is C25H21ClFN7O3. The summed E-state index contributed by atoms with van der Waals surface area (Å²) in [6.45, 7) is 1.06. The number of nitrogens with one attached hydrogen (secondary N) is 1. The van der Waals surface area contributed by atoms with Gasteiger partial charge in [0.1, 0.15) is 23.9 Å². The Morgan fingerprint density at radius 3 is 2.70 bits per heavy atom. The zero-order valence-electron chi connectivity index (χ0n) is 19.6. The average molecular weight is 522 g/mol. The van der Waals surface area contributed by atoms with E-state index in [1.807, 2.05) is 24.3 Å². The molecule has 0 aliphatic carbocycles. The van der Waals surface area contributed by atoms with Gasteiger partial charge in [-0.1, -0.05) is 17.7 Å². The van der Waals surface area contributed by atoms with E-state index in [0.717, 1.165) is 11.1 Å². The molecule has 0 spiro atoms. The summed E-state index contributed by atoms with van der Waals surface area (Å²) >= 11 is 5.84. The van der Waals surface area contributed by atoms with Gasteiger partial charge in [0, 0.05) is 40.8 Å².